The van der Waals surface area contributed by atoms with Crippen LogP contribution in [0.2, 0.25) is 5.02 Å². The molecule has 0 radical (unpaired) electrons. The van der Waals surface area contributed by atoms with E-state index in [0.29, 0.717) is 21.8 Å². The van der Waals surface area contributed by atoms with E-state index >= 15 is 0 Å². The van der Waals surface area contributed by atoms with Crippen LogP contribution >= 0.6 is 23.4 Å². The smallest absolute Gasteiger partial charge is 0.234 e. The van der Waals surface area contributed by atoms with Crippen LogP contribution in [-0.2, 0) is 18.3 Å². The number of rotatable bonds is 8. The third-order valence-electron chi connectivity index (χ3n) is 4.35. The zero-order chi connectivity index (χ0) is 20.8. The molecule has 152 valence electrons. The molecule has 0 unspecified atom stereocenters. The summed E-state index contributed by atoms with van der Waals surface area (Å²) in [5, 5.41) is 12.5. The van der Waals surface area contributed by atoms with Crippen molar-refractivity contribution in [2.45, 2.75) is 31.5 Å². The Labute approximate surface area is 179 Å². The predicted molar refractivity (Wildman–Crippen MR) is 117 cm³/mol. The summed E-state index contributed by atoms with van der Waals surface area (Å²) in [6.45, 7) is 3.98. The highest BCUT2D eigenvalue weighted by molar-refractivity contribution is 7.99. The first-order chi connectivity index (χ1) is 14.0. The fraction of sp³-hybridized carbons (Fsp3) is 0.286. The van der Waals surface area contributed by atoms with E-state index in [1.807, 2.05) is 61.0 Å². The van der Waals surface area contributed by atoms with E-state index in [4.69, 9.17) is 16.3 Å². The molecule has 6 nitrogen and oxygen atoms in total. The summed E-state index contributed by atoms with van der Waals surface area (Å²) in [5.41, 5.74) is 2.02. The number of carbonyl (C=O) groups excluding carboxylic acids is 1. The lowest BCUT2D eigenvalue weighted by Gasteiger charge is -2.15. The summed E-state index contributed by atoms with van der Waals surface area (Å²) in [6.07, 6.45) is 0.629. The monoisotopic (exact) mass is 430 g/mol. The topological polar surface area (TPSA) is 69.0 Å². The summed E-state index contributed by atoms with van der Waals surface area (Å²) >= 11 is 7.48. The minimum atomic E-state index is -0.340. The molecule has 0 aliphatic carbocycles. The Morgan fingerprint density at radius 3 is 2.62 bits per heavy atom. The lowest BCUT2D eigenvalue weighted by molar-refractivity contribution is -0.113. The Bertz CT molecular complexity index is 975. The average molecular weight is 431 g/mol. The second kappa shape index (κ2) is 9.80. The fourth-order valence-corrected chi connectivity index (χ4v) is 3.64. The van der Waals surface area contributed by atoms with E-state index in [9.17, 15) is 4.79 Å². The number of halogens is 1. The highest BCUT2D eigenvalue weighted by atomic mass is 35.5. The normalized spacial score (nSPS) is 11.9. The molecule has 3 aromatic rings. The van der Waals surface area contributed by atoms with E-state index in [2.05, 4.69) is 22.4 Å². The lowest BCUT2D eigenvalue weighted by atomic mass is 10.1. The number of nitrogens with zero attached hydrogens (tertiary/aromatic N) is 3. The van der Waals surface area contributed by atoms with Gasteiger partial charge in [0.25, 0.3) is 0 Å². The number of amides is 1. The maximum Gasteiger partial charge on any atom is 0.234 e. The van der Waals surface area contributed by atoms with Crippen molar-refractivity contribution in [3.05, 3.63) is 64.9 Å². The Hall–Kier alpha value is -2.51. The van der Waals surface area contributed by atoms with Crippen LogP contribution < -0.4 is 10.1 Å². The molecule has 1 atom stereocenters. The quantitative estimate of drug-likeness (QED) is 0.514. The molecule has 0 fully saturated rings. The largest absolute Gasteiger partial charge is 0.481 e. The molecule has 29 heavy (non-hydrogen) atoms. The number of para-hydroxylation sites is 1. The van der Waals surface area contributed by atoms with Crippen molar-refractivity contribution in [3.8, 4) is 5.75 Å². The van der Waals surface area contributed by atoms with Gasteiger partial charge in [-0.05, 0) is 43.2 Å². The third kappa shape index (κ3) is 5.52. The van der Waals surface area contributed by atoms with Crippen molar-refractivity contribution in [3.63, 3.8) is 0 Å². The van der Waals surface area contributed by atoms with E-state index in [-0.39, 0.29) is 17.8 Å². The SMILES string of the molecule is CCc1ccc(NC(=O)CSc2nnc([C@H](C)Oc3ccccc3Cl)n2C)cc1. The summed E-state index contributed by atoms with van der Waals surface area (Å²) in [7, 11) is 1.85. The van der Waals surface area contributed by atoms with Crippen molar-refractivity contribution in [2.75, 3.05) is 11.1 Å². The van der Waals surface area contributed by atoms with Gasteiger partial charge in [0.1, 0.15) is 5.75 Å². The van der Waals surface area contributed by atoms with Gasteiger partial charge in [0.05, 0.1) is 10.8 Å². The van der Waals surface area contributed by atoms with E-state index < -0.39 is 0 Å². The van der Waals surface area contributed by atoms with E-state index in [1.165, 1.54) is 17.3 Å². The van der Waals surface area contributed by atoms with Gasteiger partial charge in [0, 0.05) is 12.7 Å². The van der Waals surface area contributed by atoms with Gasteiger partial charge < -0.3 is 14.6 Å². The second-order valence-corrected chi connectivity index (χ2v) is 7.83. The highest BCUT2D eigenvalue weighted by Crippen LogP contribution is 2.29. The lowest BCUT2D eigenvalue weighted by Crippen LogP contribution is -2.15. The number of thioether (sulfide) groups is 1. The average Bonchev–Trinajstić information content (AvgIpc) is 3.09. The fourth-order valence-electron chi connectivity index (χ4n) is 2.74. The maximum absolute atomic E-state index is 12.2. The summed E-state index contributed by atoms with van der Waals surface area (Å²) < 4.78 is 7.73. The molecule has 0 saturated heterocycles. The molecule has 3 rings (SSSR count). The third-order valence-corrected chi connectivity index (χ3v) is 5.68. The molecule has 0 spiro atoms. The Kier molecular flexibility index (Phi) is 7.17. The van der Waals surface area contributed by atoms with E-state index in [0.717, 1.165) is 12.1 Å². The highest BCUT2D eigenvalue weighted by Gasteiger charge is 2.19. The molecule has 0 saturated carbocycles. The van der Waals surface area contributed by atoms with Crippen LogP contribution in [0.3, 0.4) is 0 Å². The van der Waals surface area contributed by atoms with Crippen LogP contribution in [0.25, 0.3) is 0 Å². The van der Waals surface area contributed by atoms with E-state index in [1.54, 1.807) is 6.07 Å². The number of hydrogen-bond acceptors (Lipinski definition) is 5. The molecule has 8 heteroatoms. The van der Waals surface area contributed by atoms with Crippen molar-refractivity contribution < 1.29 is 9.53 Å². The molecule has 1 N–H and O–H groups in total. The summed E-state index contributed by atoms with van der Waals surface area (Å²) in [6, 6.07) is 15.1. The molecule has 0 bridgehead atoms. The molecule has 2 aromatic carbocycles. The van der Waals surface area contributed by atoms with Crippen molar-refractivity contribution in [1.82, 2.24) is 14.8 Å². The van der Waals surface area contributed by atoms with Gasteiger partial charge in [-0.2, -0.15) is 0 Å². The van der Waals surface area contributed by atoms with Crippen LogP contribution in [0.4, 0.5) is 5.69 Å². The number of hydrogen-bond donors (Lipinski definition) is 1. The maximum atomic E-state index is 12.2. The van der Waals surface area contributed by atoms with Crippen molar-refractivity contribution in [1.29, 1.82) is 0 Å². The number of ether oxygens (including phenoxy) is 1. The summed E-state index contributed by atoms with van der Waals surface area (Å²) in [4.78, 5) is 12.2. The van der Waals surface area contributed by atoms with Crippen molar-refractivity contribution in [2.24, 2.45) is 7.05 Å². The molecule has 1 aromatic heterocycles. The zero-order valence-corrected chi connectivity index (χ0v) is 18.1. The van der Waals surface area contributed by atoms with Gasteiger partial charge in [0.15, 0.2) is 17.1 Å². The van der Waals surface area contributed by atoms with Gasteiger partial charge in [-0.1, -0.05) is 54.6 Å². The van der Waals surface area contributed by atoms with Gasteiger partial charge in [-0.15, -0.1) is 10.2 Å². The van der Waals surface area contributed by atoms with Gasteiger partial charge in [-0.3, -0.25) is 4.79 Å². The van der Waals surface area contributed by atoms with Gasteiger partial charge >= 0.3 is 0 Å². The standard InChI is InChI=1S/C21H23ClN4O2S/c1-4-15-9-11-16(12-10-15)23-19(27)13-29-21-25-24-20(26(21)3)14(2)28-18-8-6-5-7-17(18)22/h5-12,14H,4,13H2,1-3H3,(H,23,27)/t14-/m0/s1. The number of carbonyl (C=O) groups is 1. The molecule has 1 amide bonds. The van der Waals surface area contributed by atoms with Crippen LogP contribution in [0.1, 0.15) is 31.3 Å². The van der Waals surface area contributed by atoms with Crippen LogP contribution in [0.5, 0.6) is 5.75 Å². The number of benzene rings is 2. The Balaban J connectivity index is 1.57. The van der Waals surface area contributed by atoms with Crippen LogP contribution in [0.15, 0.2) is 53.7 Å². The van der Waals surface area contributed by atoms with Crippen molar-refractivity contribution >= 4 is 35.0 Å². The first-order valence-electron chi connectivity index (χ1n) is 9.30. The number of anilines is 1. The molecular formula is C21H23ClN4O2S. The molecule has 0 aliphatic heterocycles. The second-order valence-electron chi connectivity index (χ2n) is 6.48. The molecule has 0 aliphatic rings. The van der Waals surface area contributed by atoms with Gasteiger partial charge in [0.2, 0.25) is 5.91 Å². The molecule has 1 heterocycles. The van der Waals surface area contributed by atoms with Gasteiger partial charge in [-0.25, -0.2) is 0 Å². The minimum Gasteiger partial charge on any atom is -0.481 e. The first kappa shape index (κ1) is 21.2. The van der Waals surface area contributed by atoms with Crippen LogP contribution in [-0.4, -0.2) is 26.4 Å². The van der Waals surface area contributed by atoms with Crippen LogP contribution in [0, 0.1) is 0 Å². The minimum absolute atomic E-state index is 0.0934. The number of aromatic nitrogens is 3. The number of nitrogens with one attached hydrogen (secondary N) is 1. The summed E-state index contributed by atoms with van der Waals surface area (Å²) in [5.74, 6) is 1.39. The first-order valence-corrected chi connectivity index (χ1v) is 10.7. The molecular weight excluding hydrogens is 408 g/mol. The zero-order valence-electron chi connectivity index (χ0n) is 16.6. The number of aryl methyl sites for hydroxylation is 1. The predicted octanol–water partition coefficient (Wildman–Crippen LogP) is 4.90. The Morgan fingerprint density at radius 1 is 1.21 bits per heavy atom. The Morgan fingerprint density at radius 2 is 1.93 bits per heavy atom.